The minimum Gasteiger partial charge on any atom is -0.368 e. The van der Waals surface area contributed by atoms with Crippen LogP contribution in [0, 0.1) is 5.92 Å². The molecule has 0 heterocycles. The van der Waals surface area contributed by atoms with Crippen LogP contribution in [0.4, 0.5) is 0 Å². The van der Waals surface area contributed by atoms with Gasteiger partial charge in [0.25, 0.3) is 0 Å². The van der Waals surface area contributed by atoms with E-state index >= 15 is 0 Å². The molecule has 12 N–H and O–H groups in total. The van der Waals surface area contributed by atoms with E-state index in [4.69, 9.17) is 5.73 Å². The summed E-state index contributed by atoms with van der Waals surface area (Å²) >= 11 is 0. The quantitative estimate of drug-likeness (QED) is 0.0508. The SMILES string of the molecule is CC[C@@H](C)C(NC(=O)CNC(=O)CNC(=O)CNC(=O)CNC(=O)CNC(=O)CNC(=O)CNC(=O)CNC(C)=O)C(=O)NCC(N)=O. The molecule has 0 aromatic heterocycles. The van der Waals surface area contributed by atoms with Gasteiger partial charge >= 0.3 is 0 Å². The van der Waals surface area contributed by atoms with E-state index in [0.29, 0.717) is 6.42 Å². The van der Waals surface area contributed by atoms with Gasteiger partial charge in [-0.25, -0.2) is 0 Å². The van der Waals surface area contributed by atoms with Crippen LogP contribution in [0.1, 0.15) is 27.2 Å². The summed E-state index contributed by atoms with van der Waals surface area (Å²) < 4.78 is 0. The fourth-order valence-electron chi connectivity index (χ4n) is 3.10. The van der Waals surface area contributed by atoms with Crippen LogP contribution < -0.4 is 58.9 Å². The lowest BCUT2D eigenvalue weighted by Gasteiger charge is -2.23. The number of hydrogen-bond acceptors (Lipinski definition) is 11. The van der Waals surface area contributed by atoms with Crippen LogP contribution in [-0.4, -0.2) is 130 Å². The van der Waals surface area contributed by atoms with Crippen LogP contribution in [0.2, 0.25) is 0 Å². The standard InChI is InChI=1S/C26H43N11O11/c1-4-14(2)25(26(48)36-5-16(27)39)37-24(47)13-35-23(46)12-34-22(45)11-33-21(44)10-32-20(43)9-31-19(42)8-30-18(41)7-29-17(40)6-28-15(3)38/h14,25H,4-13H2,1-3H3,(H2,27,39)(H,28,38)(H,29,40)(H,30,41)(H,31,42)(H,32,43)(H,33,44)(H,34,45)(H,35,46)(H,36,48)(H,37,47)/t14-,25?/m1/s1. The molecule has 1 unspecified atom stereocenters. The van der Waals surface area contributed by atoms with Gasteiger partial charge in [0, 0.05) is 6.92 Å². The van der Waals surface area contributed by atoms with E-state index in [9.17, 15) is 52.7 Å². The lowest BCUT2D eigenvalue weighted by Crippen LogP contribution is -2.53. The van der Waals surface area contributed by atoms with Crippen molar-refractivity contribution in [3.63, 3.8) is 0 Å². The summed E-state index contributed by atoms with van der Waals surface area (Å²) in [4.78, 5) is 129. The largest absolute Gasteiger partial charge is 0.368 e. The first-order chi connectivity index (χ1) is 22.5. The van der Waals surface area contributed by atoms with E-state index in [0.717, 1.165) is 0 Å². The van der Waals surface area contributed by atoms with Gasteiger partial charge in [0.05, 0.1) is 58.9 Å². The minimum absolute atomic E-state index is 0.300. The Morgan fingerprint density at radius 1 is 0.458 bits per heavy atom. The van der Waals surface area contributed by atoms with Gasteiger partial charge in [-0.05, 0) is 5.92 Å². The second-order valence-corrected chi connectivity index (χ2v) is 9.96. The summed E-state index contributed by atoms with van der Waals surface area (Å²) in [6.45, 7) is 0.323. The molecule has 0 radical (unpaired) electrons. The molecule has 0 bridgehead atoms. The second-order valence-electron chi connectivity index (χ2n) is 9.96. The van der Waals surface area contributed by atoms with Crippen LogP contribution in [-0.2, 0) is 52.7 Å². The number of nitrogens with one attached hydrogen (secondary N) is 10. The van der Waals surface area contributed by atoms with Crippen molar-refractivity contribution in [3.8, 4) is 0 Å². The van der Waals surface area contributed by atoms with E-state index in [2.05, 4.69) is 53.2 Å². The van der Waals surface area contributed by atoms with E-state index in [1.807, 2.05) is 0 Å². The summed E-state index contributed by atoms with van der Waals surface area (Å²) in [6.07, 6.45) is 0.521. The number of amides is 11. The molecule has 0 aliphatic rings. The molecule has 0 fully saturated rings. The molecule has 0 aromatic carbocycles. The van der Waals surface area contributed by atoms with Crippen LogP contribution in [0.15, 0.2) is 0 Å². The Labute approximate surface area is 274 Å². The first kappa shape index (κ1) is 42.2. The number of nitrogens with two attached hydrogens (primary N) is 1. The third-order valence-electron chi connectivity index (χ3n) is 5.87. The smallest absolute Gasteiger partial charge is 0.243 e. The molecule has 0 saturated heterocycles. The molecule has 11 amide bonds. The summed E-state index contributed by atoms with van der Waals surface area (Å²) in [5.41, 5.74) is 5.01. The van der Waals surface area contributed by atoms with E-state index in [-0.39, 0.29) is 12.5 Å². The molecule has 22 nitrogen and oxygen atoms in total. The molecular formula is C26H43N11O11. The van der Waals surface area contributed by atoms with Crippen molar-refractivity contribution in [2.24, 2.45) is 11.7 Å². The molecule has 0 aliphatic carbocycles. The molecular weight excluding hydrogens is 642 g/mol. The maximum atomic E-state index is 12.3. The Bertz CT molecular complexity index is 1230. The van der Waals surface area contributed by atoms with E-state index in [1.54, 1.807) is 13.8 Å². The van der Waals surface area contributed by atoms with Crippen molar-refractivity contribution in [2.45, 2.75) is 33.2 Å². The highest BCUT2D eigenvalue weighted by Crippen LogP contribution is 2.07. The zero-order valence-corrected chi connectivity index (χ0v) is 26.8. The fourth-order valence-corrected chi connectivity index (χ4v) is 3.10. The zero-order chi connectivity index (χ0) is 36.6. The maximum absolute atomic E-state index is 12.3. The Kier molecular flexibility index (Phi) is 20.6. The van der Waals surface area contributed by atoms with Crippen LogP contribution >= 0.6 is 0 Å². The van der Waals surface area contributed by atoms with Gasteiger partial charge in [-0.1, -0.05) is 20.3 Å². The van der Waals surface area contributed by atoms with Gasteiger partial charge < -0.3 is 58.9 Å². The van der Waals surface area contributed by atoms with Crippen LogP contribution in [0.3, 0.4) is 0 Å². The van der Waals surface area contributed by atoms with Gasteiger partial charge in [0.15, 0.2) is 0 Å². The minimum atomic E-state index is -0.984. The average Bonchev–Trinajstić information content (AvgIpc) is 3.04. The van der Waals surface area contributed by atoms with Gasteiger partial charge in [-0.15, -0.1) is 0 Å². The van der Waals surface area contributed by atoms with E-state index in [1.165, 1.54) is 6.92 Å². The first-order valence-corrected chi connectivity index (χ1v) is 14.5. The lowest BCUT2D eigenvalue weighted by molar-refractivity contribution is -0.131. The predicted octanol–water partition coefficient (Wildman–Crippen LogP) is -7.93. The Morgan fingerprint density at radius 3 is 1.02 bits per heavy atom. The fraction of sp³-hybridized carbons (Fsp3) is 0.577. The number of carbonyl (C=O) groups is 11. The normalized spacial score (nSPS) is 11.2. The molecule has 0 aromatic rings. The molecule has 0 aliphatic heterocycles. The predicted molar refractivity (Wildman–Crippen MR) is 163 cm³/mol. The molecule has 2 atom stereocenters. The summed E-state index contributed by atoms with van der Waals surface area (Å²) in [6, 6.07) is -0.984. The Morgan fingerprint density at radius 2 is 0.750 bits per heavy atom. The van der Waals surface area contributed by atoms with Crippen molar-refractivity contribution in [1.29, 1.82) is 0 Å². The highest BCUT2D eigenvalue weighted by atomic mass is 16.2. The molecule has 48 heavy (non-hydrogen) atoms. The number of primary amides is 1. The number of rotatable bonds is 22. The zero-order valence-electron chi connectivity index (χ0n) is 26.8. The average molecular weight is 686 g/mol. The molecule has 268 valence electrons. The highest BCUT2D eigenvalue weighted by Gasteiger charge is 2.26. The Hall–Kier alpha value is -5.83. The first-order valence-electron chi connectivity index (χ1n) is 14.5. The van der Waals surface area contributed by atoms with Gasteiger partial charge in [0.1, 0.15) is 6.04 Å². The van der Waals surface area contributed by atoms with Crippen molar-refractivity contribution < 1.29 is 52.7 Å². The highest BCUT2D eigenvalue weighted by molar-refractivity contribution is 5.94. The molecule has 0 rings (SSSR count). The van der Waals surface area contributed by atoms with Gasteiger partial charge in [-0.2, -0.15) is 0 Å². The molecule has 22 heteroatoms. The Balaban J connectivity index is 4.20. The van der Waals surface area contributed by atoms with Crippen molar-refractivity contribution in [2.75, 3.05) is 58.9 Å². The second kappa shape index (κ2) is 23.5. The van der Waals surface area contributed by atoms with Gasteiger partial charge in [0.2, 0.25) is 65.0 Å². The topological polar surface area (TPSA) is 334 Å². The maximum Gasteiger partial charge on any atom is 0.243 e. The van der Waals surface area contributed by atoms with Crippen molar-refractivity contribution in [3.05, 3.63) is 0 Å². The van der Waals surface area contributed by atoms with E-state index < -0.39 is 123 Å². The summed E-state index contributed by atoms with van der Waals surface area (Å²) in [5, 5.41) is 22.5. The van der Waals surface area contributed by atoms with Gasteiger partial charge in [-0.3, -0.25) is 52.7 Å². The van der Waals surface area contributed by atoms with Crippen LogP contribution in [0.5, 0.6) is 0 Å². The summed E-state index contributed by atoms with van der Waals surface area (Å²) in [7, 11) is 0. The number of carbonyl (C=O) groups excluding carboxylic acids is 11. The van der Waals surface area contributed by atoms with Crippen molar-refractivity contribution >= 4 is 65.0 Å². The van der Waals surface area contributed by atoms with Crippen molar-refractivity contribution in [1.82, 2.24) is 53.2 Å². The third kappa shape index (κ3) is 21.8. The molecule has 0 spiro atoms. The molecule has 0 saturated carbocycles. The third-order valence-corrected chi connectivity index (χ3v) is 5.87. The van der Waals surface area contributed by atoms with Crippen LogP contribution in [0.25, 0.3) is 0 Å². The lowest BCUT2D eigenvalue weighted by atomic mass is 9.98. The summed E-state index contributed by atoms with van der Waals surface area (Å²) in [5.74, 6) is -7.91. The number of hydrogen-bond donors (Lipinski definition) is 11. The monoisotopic (exact) mass is 685 g/mol.